The molecule has 2 aromatic carbocycles. The van der Waals surface area contributed by atoms with Crippen LogP contribution in [0.4, 0.5) is 0 Å². The second-order valence-electron chi connectivity index (χ2n) is 7.27. The summed E-state index contributed by atoms with van der Waals surface area (Å²) in [5.74, 6) is 0.777. The summed E-state index contributed by atoms with van der Waals surface area (Å²) in [7, 11) is 0. The number of hydrogen-bond donors (Lipinski definition) is 1. The van der Waals surface area contributed by atoms with E-state index in [0.29, 0.717) is 0 Å². The third-order valence-electron chi connectivity index (χ3n) is 5.36. The molecule has 0 aliphatic carbocycles. The number of aliphatic hydroxyl groups excluding tert-OH is 1. The second kappa shape index (κ2) is 8.50. The minimum Gasteiger partial charge on any atom is -0.473 e. The van der Waals surface area contributed by atoms with Gasteiger partial charge in [0.25, 0.3) is 0 Å². The van der Waals surface area contributed by atoms with Crippen LogP contribution in [0, 0.1) is 6.92 Å². The smallest absolute Gasteiger partial charge is 0.174 e. The van der Waals surface area contributed by atoms with Crippen LogP contribution in [0.15, 0.2) is 91.1 Å². The number of aryl methyl sites for hydroxylation is 1. The molecule has 0 aromatic heterocycles. The van der Waals surface area contributed by atoms with E-state index in [0.717, 1.165) is 38.8 Å². The van der Waals surface area contributed by atoms with Gasteiger partial charge in [0.15, 0.2) is 5.60 Å². The van der Waals surface area contributed by atoms with Crippen molar-refractivity contribution in [3.8, 4) is 5.75 Å². The predicted molar refractivity (Wildman–Crippen MR) is 124 cm³/mol. The third-order valence-corrected chi connectivity index (χ3v) is 5.36. The molecule has 1 unspecified atom stereocenters. The molecule has 29 heavy (non-hydrogen) atoms. The molecule has 1 N–H and O–H groups in total. The van der Waals surface area contributed by atoms with Crippen LogP contribution < -0.4 is 4.74 Å². The average molecular weight is 385 g/mol. The molecule has 2 nitrogen and oxygen atoms in total. The summed E-state index contributed by atoms with van der Waals surface area (Å²) in [6.07, 6.45) is 15.6. The molecule has 0 saturated heterocycles. The molecule has 0 bridgehead atoms. The average Bonchev–Trinajstić information content (AvgIpc) is 2.74. The maximum absolute atomic E-state index is 9.97. The van der Waals surface area contributed by atoms with Crippen molar-refractivity contribution in [1.82, 2.24) is 0 Å². The predicted octanol–water partition coefficient (Wildman–Crippen LogP) is 6.61. The maximum atomic E-state index is 9.97. The molecule has 0 radical (unpaired) electrons. The summed E-state index contributed by atoms with van der Waals surface area (Å²) in [6.45, 7) is 13.9. The lowest BCUT2D eigenvalue weighted by Crippen LogP contribution is -2.39. The quantitative estimate of drug-likeness (QED) is 0.568. The van der Waals surface area contributed by atoms with Crippen LogP contribution in [-0.4, -0.2) is 10.7 Å². The zero-order chi connectivity index (χ0) is 21.0. The Morgan fingerprint density at radius 1 is 1.21 bits per heavy atom. The molecule has 3 rings (SSSR count). The fourth-order valence-corrected chi connectivity index (χ4v) is 3.81. The minimum absolute atomic E-state index is 0.0445. The van der Waals surface area contributed by atoms with E-state index in [1.54, 1.807) is 6.08 Å². The van der Waals surface area contributed by atoms with Crippen molar-refractivity contribution in [1.29, 1.82) is 0 Å². The molecule has 148 valence electrons. The number of allylic oxidation sites excluding steroid dienone is 5. The van der Waals surface area contributed by atoms with Gasteiger partial charge in [-0.05, 0) is 49.4 Å². The Bertz CT molecular complexity index is 1080. The van der Waals surface area contributed by atoms with Crippen LogP contribution in [0.25, 0.3) is 16.8 Å². The largest absolute Gasteiger partial charge is 0.473 e. The summed E-state index contributed by atoms with van der Waals surface area (Å²) in [6, 6.07) is 8.33. The van der Waals surface area contributed by atoms with Crippen LogP contribution >= 0.6 is 0 Å². The highest BCUT2D eigenvalue weighted by Crippen LogP contribution is 2.45. The van der Waals surface area contributed by atoms with E-state index in [4.69, 9.17) is 4.74 Å². The third kappa shape index (κ3) is 3.64. The van der Waals surface area contributed by atoms with Crippen LogP contribution in [0.5, 0.6) is 5.75 Å². The van der Waals surface area contributed by atoms with Crippen molar-refractivity contribution >= 4 is 16.8 Å². The molecule has 2 aromatic rings. The lowest BCUT2D eigenvalue weighted by Gasteiger charge is -2.38. The van der Waals surface area contributed by atoms with E-state index in [1.807, 2.05) is 43.4 Å². The Labute approximate surface area is 173 Å². The Hall–Kier alpha value is -3.10. The van der Waals surface area contributed by atoms with Crippen molar-refractivity contribution in [2.24, 2.45) is 0 Å². The van der Waals surface area contributed by atoms with Crippen molar-refractivity contribution in [2.75, 3.05) is 0 Å². The van der Waals surface area contributed by atoms with Gasteiger partial charge < -0.3 is 9.84 Å². The number of aliphatic hydroxyl groups is 1. The van der Waals surface area contributed by atoms with E-state index in [-0.39, 0.29) is 6.61 Å². The van der Waals surface area contributed by atoms with Gasteiger partial charge in [0.1, 0.15) is 5.75 Å². The van der Waals surface area contributed by atoms with Gasteiger partial charge >= 0.3 is 0 Å². The highest BCUT2D eigenvalue weighted by atomic mass is 16.5. The maximum Gasteiger partial charge on any atom is 0.174 e. The van der Waals surface area contributed by atoms with Crippen molar-refractivity contribution in [3.63, 3.8) is 0 Å². The Morgan fingerprint density at radius 2 is 2.00 bits per heavy atom. The molecule has 0 spiro atoms. The van der Waals surface area contributed by atoms with E-state index < -0.39 is 5.60 Å². The monoisotopic (exact) mass is 384 g/mol. The molecule has 1 aliphatic heterocycles. The van der Waals surface area contributed by atoms with Gasteiger partial charge in [-0.15, -0.1) is 0 Å². The topological polar surface area (TPSA) is 29.5 Å². The SMILES string of the molecule is C=C/C=C(\C=C)C1(/C(C)=C/C=C\C)C=Cc2c(CO)cc3cc(C)ccc3c2O1. The summed E-state index contributed by atoms with van der Waals surface area (Å²) in [4.78, 5) is 0. The fraction of sp³-hybridized carbons (Fsp3) is 0.185. The van der Waals surface area contributed by atoms with E-state index >= 15 is 0 Å². The van der Waals surface area contributed by atoms with Crippen LogP contribution in [0.2, 0.25) is 0 Å². The summed E-state index contributed by atoms with van der Waals surface area (Å²) >= 11 is 0. The number of fused-ring (bicyclic) bond motifs is 3. The molecule has 1 heterocycles. The second-order valence-corrected chi connectivity index (χ2v) is 7.27. The van der Waals surface area contributed by atoms with E-state index in [1.165, 1.54) is 5.56 Å². The first kappa shape index (κ1) is 20.6. The lowest BCUT2D eigenvalue weighted by atomic mass is 9.82. The first-order chi connectivity index (χ1) is 14.0. The molecular formula is C27H28O2. The van der Waals surface area contributed by atoms with Gasteiger partial charge in [0.2, 0.25) is 0 Å². The molecule has 1 atom stereocenters. The normalized spacial score (nSPS) is 19.3. The summed E-state index contributed by atoms with van der Waals surface area (Å²) in [5, 5.41) is 12.0. The molecule has 1 aliphatic rings. The first-order valence-electron chi connectivity index (χ1n) is 9.81. The molecule has 0 saturated carbocycles. The Kier molecular flexibility index (Phi) is 6.05. The number of hydrogen-bond acceptors (Lipinski definition) is 2. The van der Waals surface area contributed by atoms with Crippen molar-refractivity contribution in [3.05, 3.63) is 108 Å². The van der Waals surface area contributed by atoms with Crippen molar-refractivity contribution < 1.29 is 9.84 Å². The molecule has 0 amide bonds. The van der Waals surface area contributed by atoms with Gasteiger partial charge in [-0.25, -0.2) is 0 Å². The Morgan fingerprint density at radius 3 is 2.66 bits per heavy atom. The van der Waals surface area contributed by atoms with Crippen LogP contribution in [0.1, 0.15) is 30.5 Å². The lowest BCUT2D eigenvalue weighted by molar-refractivity contribution is 0.198. The van der Waals surface area contributed by atoms with Gasteiger partial charge in [0, 0.05) is 16.5 Å². The summed E-state index contributed by atoms with van der Waals surface area (Å²) < 4.78 is 6.79. The van der Waals surface area contributed by atoms with Gasteiger partial charge in [-0.2, -0.15) is 0 Å². The van der Waals surface area contributed by atoms with Crippen LogP contribution in [0.3, 0.4) is 0 Å². The summed E-state index contributed by atoms with van der Waals surface area (Å²) in [5.41, 5.74) is 4.07. The molecule has 2 heteroatoms. The standard InChI is InChI=1S/C27H28O2/c1-6-9-11-20(5)27(23(8-3)10-7-2)15-14-25-22(18-28)17-21-16-19(4)12-13-24(21)26(25)29-27/h6-17,28H,2-3,18H2,1,4-5H3/b9-6-,20-11+,23-10+. The Balaban J connectivity index is 2.34. The van der Waals surface area contributed by atoms with E-state index in [9.17, 15) is 5.11 Å². The number of ether oxygens (including phenoxy) is 1. The number of benzene rings is 2. The zero-order valence-electron chi connectivity index (χ0n) is 17.4. The minimum atomic E-state index is -0.797. The zero-order valence-corrected chi connectivity index (χ0v) is 17.4. The molecular weight excluding hydrogens is 356 g/mol. The van der Waals surface area contributed by atoms with Gasteiger partial charge in [-0.3, -0.25) is 0 Å². The highest BCUT2D eigenvalue weighted by Gasteiger charge is 2.38. The highest BCUT2D eigenvalue weighted by molar-refractivity contribution is 5.94. The molecule has 0 fully saturated rings. The number of rotatable bonds is 6. The van der Waals surface area contributed by atoms with Crippen LogP contribution in [-0.2, 0) is 6.61 Å². The first-order valence-corrected chi connectivity index (χ1v) is 9.81. The van der Waals surface area contributed by atoms with Gasteiger partial charge in [0.05, 0.1) is 6.61 Å². The van der Waals surface area contributed by atoms with E-state index in [2.05, 4.69) is 57.4 Å². The van der Waals surface area contributed by atoms with Gasteiger partial charge in [-0.1, -0.05) is 79.5 Å². The van der Waals surface area contributed by atoms with Crippen molar-refractivity contribution in [2.45, 2.75) is 33.0 Å². The fourth-order valence-electron chi connectivity index (χ4n) is 3.81.